The van der Waals surface area contributed by atoms with Gasteiger partial charge in [0.2, 0.25) is 5.91 Å². The van der Waals surface area contributed by atoms with Crippen molar-refractivity contribution in [2.75, 3.05) is 33.4 Å². The zero-order valence-corrected chi connectivity index (χ0v) is 15.4. The van der Waals surface area contributed by atoms with Crippen LogP contribution in [0.1, 0.15) is 39.0 Å². The lowest BCUT2D eigenvalue weighted by molar-refractivity contribution is -0.130. The van der Waals surface area contributed by atoms with E-state index in [-0.39, 0.29) is 5.91 Å². The molecule has 0 bridgehead atoms. The summed E-state index contributed by atoms with van der Waals surface area (Å²) >= 11 is 0. The summed E-state index contributed by atoms with van der Waals surface area (Å²) in [6.45, 7) is 5.56. The Morgan fingerprint density at radius 3 is 2.48 bits per heavy atom. The van der Waals surface area contributed by atoms with Crippen LogP contribution >= 0.6 is 0 Å². The zero-order valence-electron chi connectivity index (χ0n) is 15.4. The second kappa shape index (κ2) is 8.56. The second-order valence-electron chi connectivity index (χ2n) is 7.05. The average molecular weight is 346 g/mol. The number of carbonyl (C=O) groups is 1. The monoisotopic (exact) mass is 346 g/mol. The Kier molecular flexibility index (Phi) is 6.19. The fourth-order valence-corrected chi connectivity index (χ4v) is 4.28. The molecule has 138 valence electrons. The van der Waals surface area contributed by atoms with Crippen LogP contribution in [0.4, 0.5) is 0 Å². The molecule has 2 atom stereocenters. The largest absolute Gasteiger partial charge is 0.497 e. The van der Waals surface area contributed by atoms with Gasteiger partial charge >= 0.3 is 0 Å². The highest BCUT2D eigenvalue weighted by molar-refractivity contribution is 5.74. The van der Waals surface area contributed by atoms with Gasteiger partial charge in [-0.15, -0.1) is 0 Å². The van der Waals surface area contributed by atoms with Crippen molar-refractivity contribution in [2.45, 2.75) is 51.1 Å². The number of nitrogens with zero attached hydrogens (tertiary/aromatic N) is 2. The summed E-state index contributed by atoms with van der Waals surface area (Å²) in [4.78, 5) is 16.5. The maximum atomic E-state index is 11.9. The van der Waals surface area contributed by atoms with Crippen LogP contribution in [0.15, 0.2) is 24.3 Å². The number of rotatable bonds is 7. The number of carbonyl (C=O) groups excluding carboxylic acids is 1. The van der Waals surface area contributed by atoms with E-state index in [0.717, 1.165) is 57.0 Å². The quantitative estimate of drug-likeness (QED) is 0.712. The third kappa shape index (κ3) is 4.46. The fraction of sp³-hybridized carbons (Fsp3) is 0.650. The van der Waals surface area contributed by atoms with E-state index in [4.69, 9.17) is 9.47 Å². The molecule has 1 amide bonds. The SMILES string of the molecule is COc1ccc(OCCCN2CCC[C@@H]2[C@H]2CCCN2C(C)=O)cc1. The van der Waals surface area contributed by atoms with Crippen molar-refractivity contribution >= 4 is 5.91 Å². The van der Waals surface area contributed by atoms with Gasteiger partial charge in [0.25, 0.3) is 0 Å². The summed E-state index contributed by atoms with van der Waals surface area (Å²) < 4.78 is 11.0. The van der Waals surface area contributed by atoms with Crippen molar-refractivity contribution in [1.29, 1.82) is 0 Å². The third-order valence-electron chi connectivity index (χ3n) is 5.48. The van der Waals surface area contributed by atoms with Gasteiger partial charge in [0, 0.05) is 32.1 Å². The van der Waals surface area contributed by atoms with E-state index in [2.05, 4.69) is 9.80 Å². The van der Waals surface area contributed by atoms with Crippen LogP contribution in [0.5, 0.6) is 11.5 Å². The van der Waals surface area contributed by atoms with Crippen molar-refractivity contribution in [2.24, 2.45) is 0 Å². The molecule has 0 unspecified atom stereocenters. The standard InChI is InChI=1S/C20H30N2O3/c1-16(23)22-14-4-7-20(22)19-6-3-12-21(19)13-5-15-25-18-10-8-17(24-2)9-11-18/h8-11,19-20H,3-7,12-15H2,1-2H3/t19-,20-/m1/s1. The Morgan fingerprint density at radius 1 is 1.08 bits per heavy atom. The number of ether oxygens (including phenoxy) is 2. The van der Waals surface area contributed by atoms with Gasteiger partial charge in [-0.3, -0.25) is 9.69 Å². The fourth-order valence-electron chi connectivity index (χ4n) is 4.28. The van der Waals surface area contributed by atoms with Crippen molar-refractivity contribution in [3.05, 3.63) is 24.3 Å². The van der Waals surface area contributed by atoms with Gasteiger partial charge in [-0.1, -0.05) is 0 Å². The molecule has 0 saturated carbocycles. The van der Waals surface area contributed by atoms with E-state index in [1.54, 1.807) is 14.0 Å². The normalized spacial score (nSPS) is 23.8. The summed E-state index contributed by atoms with van der Waals surface area (Å²) in [6, 6.07) is 8.68. The molecule has 0 radical (unpaired) electrons. The summed E-state index contributed by atoms with van der Waals surface area (Å²) in [6.07, 6.45) is 5.77. The highest BCUT2D eigenvalue weighted by Crippen LogP contribution is 2.30. The predicted octanol–water partition coefficient (Wildman–Crippen LogP) is 2.94. The lowest BCUT2D eigenvalue weighted by atomic mass is 10.0. The molecule has 3 rings (SSSR count). The van der Waals surface area contributed by atoms with Crippen LogP contribution in [0, 0.1) is 0 Å². The molecule has 0 spiro atoms. The van der Waals surface area contributed by atoms with Gasteiger partial charge in [0.05, 0.1) is 13.7 Å². The number of likely N-dealkylation sites (tertiary alicyclic amines) is 2. The molecule has 2 heterocycles. The number of amides is 1. The van der Waals surface area contributed by atoms with Crippen LogP contribution in [0.25, 0.3) is 0 Å². The maximum Gasteiger partial charge on any atom is 0.219 e. The van der Waals surface area contributed by atoms with E-state index in [1.165, 1.54) is 12.8 Å². The minimum atomic E-state index is 0.234. The van der Waals surface area contributed by atoms with Crippen LogP contribution in [0.3, 0.4) is 0 Å². The minimum absolute atomic E-state index is 0.234. The second-order valence-corrected chi connectivity index (χ2v) is 7.05. The summed E-state index contributed by atoms with van der Waals surface area (Å²) in [5.74, 6) is 1.97. The zero-order chi connectivity index (χ0) is 17.6. The Bertz CT molecular complexity index is 561. The number of hydrogen-bond donors (Lipinski definition) is 0. The van der Waals surface area contributed by atoms with Crippen LogP contribution < -0.4 is 9.47 Å². The summed E-state index contributed by atoms with van der Waals surface area (Å²) in [7, 11) is 1.67. The molecule has 1 aromatic rings. The van der Waals surface area contributed by atoms with Gasteiger partial charge < -0.3 is 14.4 Å². The molecule has 2 aliphatic heterocycles. The lowest BCUT2D eigenvalue weighted by Crippen LogP contribution is -2.48. The van der Waals surface area contributed by atoms with Gasteiger partial charge in [0.1, 0.15) is 11.5 Å². The average Bonchev–Trinajstić information content (AvgIpc) is 3.27. The van der Waals surface area contributed by atoms with Gasteiger partial charge in [-0.25, -0.2) is 0 Å². The van der Waals surface area contributed by atoms with Crippen LogP contribution in [-0.4, -0.2) is 61.1 Å². The molecule has 5 nitrogen and oxygen atoms in total. The molecule has 0 aromatic heterocycles. The Hall–Kier alpha value is -1.75. The van der Waals surface area contributed by atoms with Crippen molar-refractivity contribution < 1.29 is 14.3 Å². The predicted molar refractivity (Wildman–Crippen MR) is 98.1 cm³/mol. The number of methoxy groups -OCH3 is 1. The molecule has 1 aromatic carbocycles. The molecule has 2 saturated heterocycles. The first-order valence-corrected chi connectivity index (χ1v) is 9.47. The highest BCUT2D eigenvalue weighted by Gasteiger charge is 2.38. The topological polar surface area (TPSA) is 42.0 Å². The van der Waals surface area contributed by atoms with Gasteiger partial charge in [-0.2, -0.15) is 0 Å². The van der Waals surface area contributed by atoms with E-state index < -0.39 is 0 Å². The summed E-state index contributed by atoms with van der Waals surface area (Å²) in [5, 5.41) is 0. The van der Waals surface area contributed by atoms with E-state index >= 15 is 0 Å². The molecule has 2 fully saturated rings. The first-order valence-electron chi connectivity index (χ1n) is 9.47. The van der Waals surface area contributed by atoms with Crippen molar-refractivity contribution in [3.63, 3.8) is 0 Å². The first-order chi connectivity index (χ1) is 12.2. The van der Waals surface area contributed by atoms with Crippen LogP contribution in [-0.2, 0) is 4.79 Å². The highest BCUT2D eigenvalue weighted by atomic mass is 16.5. The van der Waals surface area contributed by atoms with E-state index in [9.17, 15) is 4.79 Å². The molecule has 0 aliphatic carbocycles. The first kappa shape index (κ1) is 18.1. The Morgan fingerprint density at radius 2 is 1.76 bits per heavy atom. The summed E-state index contributed by atoms with van der Waals surface area (Å²) in [5.41, 5.74) is 0. The van der Waals surface area contributed by atoms with E-state index in [0.29, 0.717) is 12.1 Å². The van der Waals surface area contributed by atoms with Crippen molar-refractivity contribution in [1.82, 2.24) is 9.80 Å². The maximum absolute atomic E-state index is 11.9. The minimum Gasteiger partial charge on any atom is -0.497 e. The van der Waals surface area contributed by atoms with E-state index in [1.807, 2.05) is 24.3 Å². The molecular formula is C20H30N2O3. The van der Waals surface area contributed by atoms with Crippen molar-refractivity contribution in [3.8, 4) is 11.5 Å². The third-order valence-corrected chi connectivity index (χ3v) is 5.48. The molecular weight excluding hydrogens is 316 g/mol. The Labute approximate surface area is 150 Å². The molecule has 2 aliphatic rings. The molecule has 5 heteroatoms. The number of hydrogen-bond acceptors (Lipinski definition) is 4. The smallest absolute Gasteiger partial charge is 0.219 e. The Balaban J connectivity index is 1.44. The van der Waals surface area contributed by atoms with Crippen LogP contribution in [0.2, 0.25) is 0 Å². The lowest BCUT2D eigenvalue weighted by Gasteiger charge is -2.34. The van der Waals surface area contributed by atoms with Gasteiger partial charge in [-0.05, 0) is 62.9 Å². The number of benzene rings is 1. The molecule has 25 heavy (non-hydrogen) atoms. The molecule has 0 N–H and O–H groups in total. The van der Waals surface area contributed by atoms with Gasteiger partial charge in [0.15, 0.2) is 0 Å².